The number of carboxylic acids is 1. The van der Waals surface area contributed by atoms with Gasteiger partial charge in [-0.3, -0.25) is 0 Å². The largest absolute Gasteiger partial charge is 0.478 e. The third kappa shape index (κ3) is 9.12. The molecule has 11 heteroatoms. The zero-order valence-electron chi connectivity index (χ0n) is 31.9. The number of benzene rings is 4. The van der Waals surface area contributed by atoms with Crippen molar-refractivity contribution < 1.29 is 24.5 Å². The van der Waals surface area contributed by atoms with Crippen molar-refractivity contribution in [3.63, 3.8) is 0 Å². The fourth-order valence-corrected chi connectivity index (χ4v) is 7.47. The van der Waals surface area contributed by atoms with Crippen LogP contribution in [0.1, 0.15) is 79.5 Å². The monoisotopic (exact) mass is 756 g/mol. The molecule has 6 aromatic rings. The molecule has 0 bridgehead atoms. The Morgan fingerprint density at radius 3 is 1.38 bits per heavy atom. The number of aromatic nitrogens is 4. The molecule has 0 aliphatic heterocycles. The summed E-state index contributed by atoms with van der Waals surface area (Å²) in [7, 11) is 6.55. The lowest BCUT2D eigenvalue weighted by molar-refractivity contribution is 0.0600. The molecular weight excluding hydrogens is 705 g/mol. The number of anilines is 2. The molecular formula is C45H52N6O5. The van der Waals surface area contributed by atoms with Crippen LogP contribution in [-0.4, -0.2) is 82.5 Å². The van der Waals surface area contributed by atoms with E-state index in [0.717, 1.165) is 59.6 Å². The van der Waals surface area contributed by atoms with Gasteiger partial charge in [0.15, 0.2) is 11.6 Å². The van der Waals surface area contributed by atoms with Crippen molar-refractivity contribution in [1.82, 2.24) is 19.9 Å². The molecule has 2 fully saturated rings. The molecule has 292 valence electrons. The van der Waals surface area contributed by atoms with Crippen LogP contribution in [0.25, 0.3) is 44.6 Å². The quantitative estimate of drug-likeness (QED) is 0.144. The first-order chi connectivity index (χ1) is 26.8. The van der Waals surface area contributed by atoms with Gasteiger partial charge < -0.3 is 24.7 Å². The van der Waals surface area contributed by atoms with E-state index >= 15 is 0 Å². The fraction of sp³-hybridized carbons (Fsp3) is 0.333. The third-order valence-electron chi connectivity index (χ3n) is 10.5. The summed E-state index contributed by atoms with van der Waals surface area (Å²) in [6.07, 6.45) is 9.63. The molecule has 2 heterocycles. The summed E-state index contributed by atoms with van der Waals surface area (Å²) in [6.45, 7) is 0. The predicted octanol–water partition coefficient (Wildman–Crippen LogP) is 9.08. The molecule has 2 N–H and O–H groups in total. The van der Waals surface area contributed by atoms with Gasteiger partial charge in [-0.1, -0.05) is 93.8 Å². The van der Waals surface area contributed by atoms with E-state index in [-0.39, 0.29) is 19.0 Å². The first-order valence-corrected chi connectivity index (χ1v) is 18.8. The number of carboxylic acid groups (broad SMARTS) is 1. The first kappa shape index (κ1) is 41.2. The van der Waals surface area contributed by atoms with Gasteiger partial charge in [-0.15, -0.1) is 0 Å². The molecule has 2 aliphatic carbocycles. The Kier molecular flexibility index (Phi) is 14.0. The molecule has 4 aromatic carbocycles. The van der Waals surface area contributed by atoms with Gasteiger partial charge in [0.2, 0.25) is 0 Å². The minimum atomic E-state index is -0.952. The van der Waals surface area contributed by atoms with Crippen molar-refractivity contribution in [2.45, 2.75) is 70.9 Å². The van der Waals surface area contributed by atoms with Gasteiger partial charge in [0.05, 0.1) is 40.3 Å². The Morgan fingerprint density at radius 1 is 0.589 bits per heavy atom. The minimum Gasteiger partial charge on any atom is -0.478 e. The van der Waals surface area contributed by atoms with Crippen LogP contribution in [0, 0.1) is 0 Å². The normalized spacial score (nSPS) is 13.9. The zero-order chi connectivity index (χ0) is 38.9. The van der Waals surface area contributed by atoms with Crippen LogP contribution < -0.4 is 9.80 Å². The highest BCUT2D eigenvalue weighted by molar-refractivity contribution is 5.95. The van der Waals surface area contributed by atoms with Crippen molar-refractivity contribution in [3.05, 3.63) is 108 Å². The average Bonchev–Trinajstić information content (AvgIpc) is 3.99. The second-order valence-corrected chi connectivity index (χ2v) is 13.8. The Hall–Kier alpha value is -5.94. The number of aliphatic hydroxyl groups is 1. The van der Waals surface area contributed by atoms with Gasteiger partial charge in [-0.05, 0) is 62.1 Å². The van der Waals surface area contributed by atoms with Crippen molar-refractivity contribution in [3.8, 4) is 22.5 Å². The van der Waals surface area contributed by atoms with Gasteiger partial charge >= 0.3 is 11.9 Å². The number of hydrogen-bond acceptors (Lipinski definition) is 10. The van der Waals surface area contributed by atoms with Gasteiger partial charge in [-0.2, -0.15) is 0 Å². The summed E-state index contributed by atoms with van der Waals surface area (Å²) in [5, 5.41) is 16.3. The number of hydrogen-bond donors (Lipinski definition) is 2. The summed E-state index contributed by atoms with van der Waals surface area (Å²) in [5.41, 5.74) is 7.30. The van der Waals surface area contributed by atoms with Crippen molar-refractivity contribution >= 4 is 45.6 Å². The van der Waals surface area contributed by atoms with E-state index in [1.54, 1.807) is 30.3 Å². The average molecular weight is 757 g/mol. The number of fused-ring (bicyclic) bond motifs is 2. The lowest BCUT2D eigenvalue weighted by Crippen LogP contribution is -2.30. The second-order valence-electron chi connectivity index (χ2n) is 13.8. The van der Waals surface area contributed by atoms with Gasteiger partial charge in [0.25, 0.3) is 0 Å². The molecule has 56 heavy (non-hydrogen) atoms. The minimum absolute atomic E-state index is 0. The number of methoxy groups -OCH3 is 1. The highest BCUT2D eigenvalue weighted by Crippen LogP contribution is 2.35. The maximum atomic E-state index is 11.9. The van der Waals surface area contributed by atoms with Crippen LogP contribution >= 0.6 is 0 Å². The Labute approximate surface area is 329 Å². The number of nitrogens with zero attached hydrogens (tertiary/aromatic N) is 6. The lowest BCUT2D eigenvalue weighted by Gasteiger charge is -2.27. The van der Waals surface area contributed by atoms with Crippen LogP contribution in [0.4, 0.5) is 11.6 Å². The van der Waals surface area contributed by atoms with E-state index in [2.05, 4.69) is 36.0 Å². The molecule has 0 atom stereocenters. The number of carbonyl (C=O) groups is 2. The molecule has 0 spiro atoms. The van der Waals surface area contributed by atoms with E-state index in [0.29, 0.717) is 34.2 Å². The van der Waals surface area contributed by atoms with Crippen LogP contribution in [0.15, 0.2) is 97.1 Å². The standard InChI is InChI=1S/C22H23N3O2.C21H21N3O2.CH4O.CH4/c1-25(17-10-6-7-11-17)21-20(15-8-4-3-5-9-15)23-18-13-12-16(22(26)27-2)14-19(18)24-21;1-24(16-9-5-6-10-16)20-19(14-7-3-2-4-8-14)22-17-12-11-15(21(25)26)13-18(17)23-20;1-2;/h3-5,8-9,12-14,17H,6-7,10-11H2,1-2H3;2-4,7-8,11-13,16H,5-6,9-10H2,1H3,(H,25,26);2H,1H3;1H4. The van der Waals surface area contributed by atoms with E-state index in [4.69, 9.17) is 29.8 Å². The summed E-state index contributed by atoms with van der Waals surface area (Å²) >= 11 is 0. The number of aromatic carboxylic acids is 1. The van der Waals surface area contributed by atoms with E-state index < -0.39 is 5.97 Å². The fourth-order valence-electron chi connectivity index (χ4n) is 7.47. The molecule has 8 rings (SSSR count). The summed E-state index contributed by atoms with van der Waals surface area (Å²) in [4.78, 5) is 47.2. The molecule has 11 nitrogen and oxygen atoms in total. The highest BCUT2D eigenvalue weighted by Gasteiger charge is 2.26. The van der Waals surface area contributed by atoms with E-state index in [1.165, 1.54) is 45.6 Å². The molecule has 0 radical (unpaired) electrons. The SMILES string of the molecule is C.CN(c1nc2cc(C(=O)O)ccc2nc1-c1ccccc1)C1CCCC1.CO.COC(=O)c1ccc2nc(-c3ccccc3)c(N(C)C3CCCC3)nc2c1. The summed E-state index contributed by atoms with van der Waals surface area (Å²) < 4.78 is 4.84. The molecule has 2 saturated carbocycles. The predicted molar refractivity (Wildman–Crippen MR) is 224 cm³/mol. The number of aliphatic hydroxyl groups excluding tert-OH is 1. The number of carbonyl (C=O) groups excluding carboxylic acids is 1. The van der Waals surface area contributed by atoms with Gasteiger partial charge in [0, 0.05) is 44.4 Å². The lowest BCUT2D eigenvalue weighted by atomic mass is 10.1. The van der Waals surface area contributed by atoms with Crippen LogP contribution in [-0.2, 0) is 4.74 Å². The Morgan fingerprint density at radius 2 is 0.982 bits per heavy atom. The zero-order valence-corrected chi connectivity index (χ0v) is 31.9. The molecule has 2 aromatic heterocycles. The van der Waals surface area contributed by atoms with Crippen LogP contribution in [0.5, 0.6) is 0 Å². The van der Waals surface area contributed by atoms with Crippen molar-refractivity contribution in [2.75, 3.05) is 38.1 Å². The second kappa shape index (κ2) is 19.1. The summed E-state index contributed by atoms with van der Waals surface area (Å²) in [5.74, 6) is 0.365. The van der Waals surface area contributed by atoms with Crippen molar-refractivity contribution in [1.29, 1.82) is 0 Å². The number of esters is 1. The maximum Gasteiger partial charge on any atom is 0.337 e. The summed E-state index contributed by atoms with van der Waals surface area (Å²) in [6, 6.07) is 31.4. The van der Waals surface area contributed by atoms with E-state index in [1.807, 2.05) is 54.6 Å². The topological polar surface area (TPSA) is 142 Å². The van der Waals surface area contributed by atoms with Gasteiger partial charge in [-0.25, -0.2) is 29.5 Å². The number of rotatable bonds is 8. The van der Waals surface area contributed by atoms with E-state index in [9.17, 15) is 14.7 Å². The third-order valence-corrected chi connectivity index (χ3v) is 10.5. The molecule has 2 aliphatic rings. The Bertz CT molecular complexity index is 2240. The van der Waals surface area contributed by atoms with Crippen molar-refractivity contribution in [2.24, 2.45) is 0 Å². The maximum absolute atomic E-state index is 11.9. The van der Waals surface area contributed by atoms with Crippen LogP contribution in [0.3, 0.4) is 0 Å². The number of ether oxygens (including phenoxy) is 1. The smallest absolute Gasteiger partial charge is 0.337 e. The highest BCUT2D eigenvalue weighted by atomic mass is 16.5. The first-order valence-electron chi connectivity index (χ1n) is 18.8. The molecule has 0 unspecified atom stereocenters. The Balaban J connectivity index is 0.000000202. The van der Waals surface area contributed by atoms with Gasteiger partial charge in [0.1, 0.15) is 11.4 Å². The molecule has 0 saturated heterocycles. The molecule has 0 amide bonds. The van der Waals surface area contributed by atoms with Crippen LogP contribution in [0.2, 0.25) is 0 Å².